The molecule has 0 unspecified atom stereocenters. The van der Waals surface area contributed by atoms with E-state index >= 15 is 0 Å². The number of hydrogen-bond acceptors (Lipinski definition) is 5. The second kappa shape index (κ2) is 12.1. The number of amides is 1. The van der Waals surface area contributed by atoms with Gasteiger partial charge in [0.15, 0.2) is 0 Å². The standard InChI is InChI=1S/C19H34N4O3S/c1-5-20-13-8-14-21-19(24)17-9-11-18(12-10-17)27(25,26)22(4)15-16-23(6-2)7-3/h9-12,20H,5-8,13-16H2,1-4H3,(H,21,24). The number of sulfonamides is 1. The monoisotopic (exact) mass is 398 g/mol. The van der Waals surface area contributed by atoms with Gasteiger partial charge in [0.2, 0.25) is 10.0 Å². The van der Waals surface area contributed by atoms with E-state index < -0.39 is 10.0 Å². The molecule has 7 nitrogen and oxygen atoms in total. The van der Waals surface area contributed by atoms with Gasteiger partial charge in [0.25, 0.3) is 5.91 Å². The van der Waals surface area contributed by atoms with E-state index in [-0.39, 0.29) is 10.8 Å². The van der Waals surface area contributed by atoms with Crippen LogP contribution in [0, 0.1) is 0 Å². The molecule has 0 aromatic heterocycles. The highest BCUT2D eigenvalue weighted by Gasteiger charge is 2.21. The van der Waals surface area contributed by atoms with Crippen molar-refractivity contribution in [1.29, 1.82) is 0 Å². The summed E-state index contributed by atoms with van der Waals surface area (Å²) in [6.45, 7) is 11.4. The van der Waals surface area contributed by atoms with Crippen molar-refractivity contribution in [2.24, 2.45) is 0 Å². The summed E-state index contributed by atoms with van der Waals surface area (Å²) in [4.78, 5) is 14.5. The van der Waals surface area contributed by atoms with Crippen molar-refractivity contribution in [3.05, 3.63) is 29.8 Å². The maximum absolute atomic E-state index is 12.7. The van der Waals surface area contributed by atoms with E-state index in [4.69, 9.17) is 0 Å². The van der Waals surface area contributed by atoms with E-state index in [1.165, 1.54) is 16.4 Å². The summed E-state index contributed by atoms with van der Waals surface area (Å²) >= 11 is 0. The van der Waals surface area contributed by atoms with Gasteiger partial charge in [-0.1, -0.05) is 20.8 Å². The molecule has 2 N–H and O–H groups in total. The maximum atomic E-state index is 12.7. The van der Waals surface area contributed by atoms with Crippen LogP contribution >= 0.6 is 0 Å². The Labute approximate surface area is 164 Å². The van der Waals surface area contributed by atoms with Gasteiger partial charge in [-0.2, -0.15) is 4.31 Å². The zero-order valence-corrected chi connectivity index (χ0v) is 17.8. The van der Waals surface area contributed by atoms with Crippen molar-refractivity contribution in [2.75, 3.05) is 52.9 Å². The van der Waals surface area contributed by atoms with Gasteiger partial charge in [-0.3, -0.25) is 4.79 Å². The fourth-order valence-electron chi connectivity index (χ4n) is 2.59. The van der Waals surface area contributed by atoms with Gasteiger partial charge in [0.05, 0.1) is 4.90 Å². The molecule has 0 aliphatic rings. The van der Waals surface area contributed by atoms with Crippen LogP contribution in [0.3, 0.4) is 0 Å². The lowest BCUT2D eigenvalue weighted by Gasteiger charge is -2.23. The molecule has 27 heavy (non-hydrogen) atoms. The Morgan fingerprint density at radius 2 is 1.63 bits per heavy atom. The minimum Gasteiger partial charge on any atom is -0.352 e. The third-order valence-corrected chi connectivity index (χ3v) is 6.39. The normalized spacial score (nSPS) is 11.9. The predicted molar refractivity (Wildman–Crippen MR) is 110 cm³/mol. The first kappa shape index (κ1) is 23.6. The minimum atomic E-state index is -3.55. The number of carbonyl (C=O) groups excluding carboxylic acids is 1. The van der Waals surface area contributed by atoms with Crippen LogP contribution in [-0.4, -0.2) is 76.4 Å². The van der Waals surface area contributed by atoms with Gasteiger partial charge in [0, 0.05) is 32.2 Å². The Kier molecular flexibility index (Phi) is 10.5. The summed E-state index contributed by atoms with van der Waals surface area (Å²) < 4.78 is 26.7. The van der Waals surface area contributed by atoms with Crippen LogP contribution in [0.4, 0.5) is 0 Å². The van der Waals surface area contributed by atoms with Crippen LogP contribution in [0.25, 0.3) is 0 Å². The van der Waals surface area contributed by atoms with Gasteiger partial charge in [-0.05, 0) is 56.9 Å². The molecule has 0 fully saturated rings. The smallest absolute Gasteiger partial charge is 0.251 e. The molecule has 0 aliphatic carbocycles. The third-order valence-electron chi connectivity index (χ3n) is 4.52. The minimum absolute atomic E-state index is 0.190. The maximum Gasteiger partial charge on any atom is 0.251 e. The molecule has 0 radical (unpaired) electrons. The molecule has 0 saturated heterocycles. The van der Waals surface area contributed by atoms with Gasteiger partial charge in [0.1, 0.15) is 0 Å². The highest BCUT2D eigenvalue weighted by Crippen LogP contribution is 2.15. The molecule has 1 aromatic rings. The Hall–Kier alpha value is -1.48. The summed E-state index contributed by atoms with van der Waals surface area (Å²) in [5.74, 6) is -0.190. The van der Waals surface area contributed by atoms with E-state index in [1.807, 2.05) is 6.92 Å². The molecule has 1 rings (SSSR count). The lowest BCUT2D eigenvalue weighted by atomic mass is 10.2. The zero-order valence-electron chi connectivity index (χ0n) is 17.0. The molecule has 0 atom stereocenters. The van der Waals surface area contributed by atoms with Gasteiger partial charge in [-0.25, -0.2) is 8.42 Å². The number of nitrogens with zero attached hydrogens (tertiary/aromatic N) is 2. The van der Waals surface area contributed by atoms with Crippen LogP contribution in [-0.2, 0) is 10.0 Å². The topological polar surface area (TPSA) is 81.7 Å². The quantitative estimate of drug-likeness (QED) is 0.491. The van der Waals surface area contributed by atoms with Crippen molar-refractivity contribution >= 4 is 15.9 Å². The Bertz CT molecular complexity index is 658. The van der Waals surface area contributed by atoms with Gasteiger partial charge < -0.3 is 15.5 Å². The number of benzene rings is 1. The first-order valence-electron chi connectivity index (χ1n) is 9.64. The van der Waals surface area contributed by atoms with Crippen LogP contribution < -0.4 is 10.6 Å². The fraction of sp³-hybridized carbons (Fsp3) is 0.632. The van der Waals surface area contributed by atoms with Crippen molar-refractivity contribution < 1.29 is 13.2 Å². The number of likely N-dealkylation sites (N-methyl/N-ethyl adjacent to an activating group) is 2. The Morgan fingerprint density at radius 1 is 1.00 bits per heavy atom. The van der Waals surface area contributed by atoms with E-state index in [2.05, 4.69) is 29.4 Å². The van der Waals surface area contributed by atoms with Crippen LogP contribution in [0.15, 0.2) is 29.2 Å². The largest absolute Gasteiger partial charge is 0.352 e. The van der Waals surface area contributed by atoms with Crippen molar-refractivity contribution in [3.63, 3.8) is 0 Å². The van der Waals surface area contributed by atoms with E-state index in [0.717, 1.165) is 32.6 Å². The van der Waals surface area contributed by atoms with Crippen LogP contribution in [0.5, 0.6) is 0 Å². The average Bonchev–Trinajstić information content (AvgIpc) is 2.68. The van der Waals surface area contributed by atoms with E-state index in [9.17, 15) is 13.2 Å². The molecule has 0 saturated carbocycles. The summed E-state index contributed by atoms with van der Waals surface area (Å²) in [7, 11) is -1.97. The Morgan fingerprint density at radius 3 is 2.19 bits per heavy atom. The van der Waals surface area contributed by atoms with Gasteiger partial charge >= 0.3 is 0 Å². The molecule has 0 heterocycles. The van der Waals surface area contributed by atoms with Crippen LogP contribution in [0.1, 0.15) is 37.6 Å². The summed E-state index contributed by atoms with van der Waals surface area (Å²) in [6, 6.07) is 6.11. The zero-order chi connectivity index (χ0) is 20.3. The summed E-state index contributed by atoms with van der Waals surface area (Å²) in [5, 5.41) is 6.04. The molecule has 1 aromatic carbocycles. The summed E-state index contributed by atoms with van der Waals surface area (Å²) in [6.07, 6.45) is 0.851. The highest BCUT2D eigenvalue weighted by atomic mass is 32.2. The Balaban J connectivity index is 2.63. The molecule has 1 amide bonds. The SMILES string of the molecule is CCNCCCNC(=O)c1ccc(S(=O)(=O)N(C)CCN(CC)CC)cc1. The van der Waals surface area contributed by atoms with Gasteiger partial charge in [-0.15, -0.1) is 0 Å². The molecule has 0 aliphatic heterocycles. The predicted octanol–water partition coefficient (Wildman–Crippen LogP) is 1.38. The van der Waals surface area contributed by atoms with Crippen molar-refractivity contribution in [3.8, 4) is 0 Å². The number of carbonyl (C=O) groups is 1. The van der Waals surface area contributed by atoms with E-state index in [1.54, 1.807) is 19.2 Å². The number of nitrogens with one attached hydrogen (secondary N) is 2. The van der Waals surface area contributed by atoms with Crippen molar-refractivity contribution in [2.45, 2.75) is 32.1 Å². The second-order valence-corrected chi connectivity index (χ2v) is 8.39. The number of rotatable bonds is 13. The second-order valence-electron chi connectivity index (χ2n) is 6.34. The summed E-state index contributed by atoms with van der Waals surface area (Å²) in [5.41, 5.74) is 0.461. The molecule has 8 heteroatoms. The first-order valence-corrected chi connectivity index (χ1v) is 11.1. The lowest BCUT2D eigenvalue weighted by Crippen LogP contribution is -2.36. The average molecular weight is 399 g/mol. The number of hydrogen-bond donors (Lipinski definition) is 2. The molecule has 154 valence electrons. The molecule has 0 spiro atoms. The highest BCUT2D eigenvalue weighted by molar-refractivity contribution is 7.89. The van der Waals surface area contributed by atoms with Crippen molar-refractivity contribution in [1.82, 2.24) is 19.8 Å². The van der Waals surface area contributed by atoms with E-state index in [0.29, 0.717) is 25.2 Å². The molecular weight excluding hydrogens is 364 g/mol. The fourth-order valence-corrected chi connectivity index (χ4v) is 3.76. The first-order chi connectivity index (χ1) is 12.9. The van der Waals surface area contributed by atoms with Crippen LogP contribution in [0.2, 0.25) is 0 Å². The third kappa shape index (κ3) is 7.57. The molecule has 0 bridgehead atoms. The lowest BCUT2D eigenvalue weighted by molar-refractivity contribution is 0.0953. The molecular formula is C19H34N4O3S.